The number of hydrogen-bond acceptors (Lipinski definition) is 4. The monoisotopic (exact) mass is 397 g/mol. The van der Waals surface area contributed by atoms with Crippen molar-refractivity contribution < 1.29 is 14.7 Å². The van der Waals surface area contributed by atoms with Crippen molar-refractivity contribution in [3.05, 3.63) is 29.3 Å². The average Bonchev–Trinajstić information content (AvgIpc) is 2.83. The number of nitrogens with one attached hydrogen (secondary N) is 1. The maximum Gasteiger partial charge on any atom is 0.317 e. The molecule has 1 aromatic carbocycles. The number of likely N-dealkylation sites (tertiary alicyclic amines) is 1. The molecule has 7 heteroatoms. The number of anilines is 1. The smallest absolute Gasteiger partial charge is 0.317 e. The van der Waals surface area contributed by atoms with E-state index in [4.69, 9.17) is 5.11 Å². The van der Waals surface area contributed by atoms with E-state index in [1.165, 1.54) is 0 Å². The van der Waals surface area contributed by atoms with E-state index < -0.39 is 5.97 Å². The van der Waals surface area contributed by atoms with Crippen molar-refractivity contribution in [3.8, 4) is 0 Å². The highest BCUT2D eigenvalue weighted by atomic mass is 35.5. The molecule has 1 aromatic rings. The quantitative estimate of drug-likeness (QED) is 0.772. The summed E-state index contributed by atoms with van der Waals surface area (Å²) in [5, 5.41) is 12.0. The predicted octanol–water partition coefficient (Wildman–Crippen LogP) is 2.92. The number of benzene rings is 1. The largest absolute Gasteiger partial charge is 0.480 e. The van der Waals surface area contributed by atoms with E-state index in [1.807, 2.05) is 50.9 Å². The van der Waals surface area contributed by atoms with Gasteiger partial charge in [0.15, 0.2) is 0 Å². The van der Waals surface area contributed by atoms with E-state index in [2.05, 4.69) is 10.2 Å². The summed E-state index contributed by atoms with van der Waals surface area (Å²) in [6.07, 6.45) is 2.81. The highest BCUT2D eigenvalue weighted by molar-refractivity contribution is 5.95. The number of carbonyl (C=O) groups excluding carboxylic acids is 1. The van der Waals surface area contributed by atoms with Gasteiger partial charge < -0.3 is 10.4 Å². The van der Waals surface area contributed by atoms with E-state index >= 15 is 0 Å². The highest BCUT2D eigenvalue weighted by Gasteiger charge is 2.27. The zero-order valence-electron chi connectivity index (χ0n) is 16.7. The Morgan fingerprint density at radius 3 is 2.67 bits per heavy atom. The van der Waals surface area contributed by atoms with E-state index in [0.29, 0.717) is 0 Å². The summed E-state index contributed by atoms with van der Waals surface area (Å²) < 4.78 is 0. The zero-order chi connectivity index (χ0) is 19.3. The van der Waals surface area contributed by atoms with Crippen LogP contribution in [-0.4, -0.2) is 65.5 Å². The number of hydrogen-bond donors (Lipinski definition) is 2. The molecule has 0 saturated carbocycles. The molecule has 0 spiro atoms. The van der Waals surface area contributed by atoms with Gasteiger partial charge in [-0.15, -0.1) is 12.4 Å². The van der Waals surface area contributed by atoms with Crippen molar-refractivity contribution in [3.63, 3.8) is 0 Å². The first kappa shape index (κ1) is 23.4. The molecular weight excluding hydrogens is 366 g/mol. The molecule has 1 fully saturated rings. The number of aliphatic carboxylic acids is 1. The molecule has 0 bridgehead atoms. The molecule has 0 aliphatic carbocycles. The van der Waals surface area contributed by atoms with Gasteiger partial charge in [-0.05, 0) is 70.8 Å². The number of halogens is 1. The molecule has 1 heterocycles. The minimum absolute atomic E-state index is 0. The Labute approximate surface area is 168 Å². The van der Waals surface area contributed by atoms with Gasteiger partial charge in [-0.3, -0.25) is 19.4 Å². The maximum atomic E-state index is 12.7. The Hall–Kier alpha value is -1.63. The van der Waals surface area contributed by atoms with Crippen molar-refractivity contribution in [1.82, 2.24) is 9.80 Å². The number of likely N-dealkylation sites (N-methyl/N-ethyl adjacent to an activating group) is 1. The highest BCUT2D eigenvalue weighted by Crippen LogP contribution is 2.20. The number of carbonyl (C=O) groups is 2. The molecule has 2 atom stereocenters. The second kappa shape index (κ2) is 10.6. The van der Waals surface area contributed by atoms with Crippen LogP contribution in [0.3, 0.4) is 0 Å². The van der Waals surface area contributed by atoms with Gasteiger partial charge in [-0.2, -0.15) is 0 Å². The minimum atomic E-state index is -0.796. The van der Waals surface area contributed by atoms with Crippen LogP contribution < -0.4 is 5.32 Å². The van der Waals surface area contributed by atoms with E-state index in [9.17, 15) is 9.59 Å². The Kier molecular flexibility index (Phi) is 9.22. The lowest BCUT2D eigenvalue weighted by atomic mass is 10.1. The fourth-order valence-corrected chi connectivity index (χ4v) is 3.55. The SMILES string of the molecule is Cc1ccc(C)c(NC(=O)C(C)N2CCCC(N(C)CC(=O)O)CC2)c1.Cl. The van der Waals surface area contributed by atoms with Crippen LogP contribution in [0, 0.1) is 13.8 Å². The van der Waals surface area contributed by atoms with Crippen molar-refractivity contribution in [1.29, 1.82) is 0 Å². The molecule has 27 heavy (non-hydrogen) atoms. The standard InChI is InChI=1S/C20H31N3O3.ClH/c1-14-7-8-15(2)18(12-14)21-20(26)16(3)23-10-5-6-17(9-11-23)22(4)13-19(24)25;/h7-8,12,16-17H,5-6,9-11,13H2,1-4H3,(H,21,26)(H,24,25);1H. The lowest BCUT2D eigenvalue weighted by Crippen LogP contribution is -2.43. The summed E-state index contributed by atoms with van der Waals surface area (Å²) in [6, 6.07) is 6.10. The third kappa shape index (κ3) is 6.79. The molecular formula is C20H32ClN3O3. The summed E-state index contributed by atoms with van der Waals surface area (Å²) in [5.41, 5.74) is 3.05. The van der Waals surface area contributed by atoms with E-state index in [0.717, 1.165) is 49.2 Å². The van der Waals surface area contributed by atoms with Crippen molar-refractivity contribution in [2.24, 2.45) is 0 Å². The Morgan fingerprint density at radius 2 is 2.00 bits per heavy atom. The molecule has 1 aliphatic rings. The second-order valence-corrected chi connectivity index (χ2v) is 7.41. The minimum Gasteiger partial charge on any atom is -0.480 e. The van der Waals surface area contributed by atoms with Crippen LogP contribution >= 0.6 is 12.4 Å². The fourth-order valence-electron chi connectivity index (χ4n) is 3.55. The van der Waals surface area contributed by atoms with Gasteiger partial charge in [0.25, 0.3) is 0 Å². The first-order chi connectivity index (χ1) is 12.3. The van der Waals surface area contributed by atoms with E-state index in [-0.39, 0.29) is 36.9 Å². The van der Waals surface area contributed by atoms with Crippen LogP contribution in [0.4, 0.5) is 5.69 Å². The maximum absolute atomic E-state index is 12.7. The van der Waals surface area contributed by atoms with Crippen molar-refractivity contribution in [2.75, 3.05) is 32.0 Å². The van der Waals surface area contributed by atoms with Crippen molar-refractivity contribution in [2.45, 2.75) is 52.1 Å². The van der Waals surface area contributed by atoms with Crippen LogP contribution in [0.1, 0.15) is 37.3 Å². The van der Waals surface area contributed by atoms with Crippen LogP contribution in [-0.2, 0) is 9.59 Å². The summed E-state index contributed by atoms with van der Waals surface area (Å²) in [4.78, 5) is 27.7. The summed E-state index contributed by atoms with van der Waals surface area (Å²) in [6.45, 7) is 7.68. The molecule has 0 radical (unpaired) electrons. The Morgan fingerprint density at radius 1 is 1.30 bits per heavy atom. The van der Waals surface area contributed by atoms with E-state index in [1.54, 1.807) is 0 Å². The molecule has 1 aliphatic heterocycles. The molecule has 2 rings (SSSR count). The predicted molar refractivity (Wildman–Crippen MR) is 111 cm³/mol. The average molecular weight is 398 g/mol. The van der Waals surface area contributed by atoms with Gasteiger partial charge in [0.1, 0.15) is 0 Å². The first-order valence-corrected chi connectivity index (χ1v) is 9.32. The van der Waals surface area contributed by atoms with Gasteiger partial charge in [0.05, 0.1) is 12.6 Å². The topological polar surface area (TPSA) is 72.9 Å². The lowest BCUT2D eigenvalue weighted by molar-refractivity contribution is -0.138. The van der Waals surface area contributed by atoms with Crippen LogP contribution in [0.2, 0.25) is 0 Å². The Bertz CT molecular complexity index is 653. The first-order valence-electron chi connectivity index (χ1n) is 9.32. The van der Waals surface area contributed by atoms with Gasteiger partial charge in [-0.1, -0.05) is 12.1 Å². The number of amides is 1. The summed E-state index contributed by atoms with van der Waals surface area (Å²) in [7, 11) is 1.87. The third-order valence-corrected chi connectivity index (χ3v) is 5.32. The molecule has 2 unspecified atom stereocenters. The second-order valence-electron chi connectivity index (χ2n) is 7.41. The molecule has 6 nitrogen and oxygen atoms in total. The van der Waals surface area contributed by atoms with Gasteiger partial charge >= 0.3 is 5.97 Å². The molecule has 0 aromatic heterocycles. The van der Waals surface area contributed by atoms with Crippen LogP contribution in [0.15, 0.2) is 18.2 Å². The normalized spacial score (nSPS) is 19.1. The molecule has 152 valence electrons. The van der Waals surface area contributed by atoms with Gasteiger partial charge in [-0.25, -0.2) is 0 Å². The summed E-state index contributed by atoms with van der Waals surface area (Å²) in [5.74, 6) is -0.786. The van der Waals surface area contributed by atoms with Gasteiger partial charge in [0, 0.05) is 18.3 Å². The summed E-state index contributed by atoms with van der Waals surface area (Å²) >= 11 is 0. The number of carboxylic acids is 1. The molecule has 2 N–H and O–H groups in total. The molecule has 1 saturated heterocycles. The third-order valence-electron chi connectivity index (χ3n) is 5.32. The fraction of sp³-hybridized carbons (Fsp3) is 0.600. The number of rotatable bonds is 6. The van der Waals surface area contributed by atoms with Gasteiger partial charge in [0.2, 0.25) is 5.91 Å². The number of aryl methyl sites for hydroxylation is 2. The lowest BCUT2D eigenvalue weighted by Gasteiger charge is -2.28. The Balaban J connectivity index is 0.00000364. The van der Waals surface area contributed by atoms with Crippen LogP contribution in [0.5, 0.6) is 0 Å². The number of carboxylic acid groups (broad SMARTS) is 1. The van der Waals surface area contributed by atoms with Crippen molar-refractivity contribution >= 4 is 30.0 Å². The van der Waals surface area contributed by atoms with Crippen LogP contribution in [0.25, 0.3) is 0 Å². The number of nitrogens with zero attached hydrogens (tertiary/aromatic N) is 2. The zero-order valence-corrected chi connectivity index (χ0v) is 17.5. The molecule has 1 amide bonds.